The highest BCUT2D eigenvalue weighted by Crippen LogP contribution is 2.27. The maximum atomic E-state index is 13.4. The van der Waals surface area contributed by atoms with Crippen molar-refractivity contribution >= 4 is 11.8 Å². The van der Waals surface area contributed by atoms with Gasteiger partial charge in [0.05, 0.1) is 25.4 Å². The van der Waals surface area contributed by atoms with E-state index in [1.165, 1.54) is 23.5 Å². The SMILES string of the molecule is CCCC#Cc1cnc2c(c1)C(=O)N([C@H](C)CO)C[C@H](C)[C@H](CN(C)C(=O)c1cnccn1)O2. The van der Waals surface area contributed by atoms with Crippen molar-refractivity contribution in [2.45, 2.75) is 45.8 Å². The minimum Gasteiger partial charge on any atom is -0.472 e. The maximum Gasteiger partial charge on any atom is 0.273 e. The fraction of sp³-hybridized carbons (Fsp3) is 0.480. The van der Waals surface area contributed by atoms with Gasteiger partial charge in [-0.25, -0.2) is 9.97 Å². The van der Waals surface area contributed by atoms with Gasteiger partial charge in [0.1, 0.15) is 17.4 Å². The van der Waals surface area contributed by atoms with Crippen LogP contribution in [0.25, 0.3) is 0 Å². The Bertz CT molecular complexity index is 1070. The van der Waals surface area contributed by atoms with Gasteiger partial charge in [0.15, 0.2) is 0 Å². The van der Waals surface area contributed by atoms with Gasteiger partial charge in [0.2, 0.25) is 5.88 Å². The van der Waals surface area contributed by atoms with E-state index < -0.39 is 12.1 Å². The van der Waals surface area contributed by atoms with Crippen molar-refractivity contribution in [1.82, 2.24) is 24.8 Å². The Morgan fingerprint density at radius 3 is 2.82 bits per heavy atom. The average molecular weight is 466 g/mol. The third-order valence-electron chi connectivity index (χ3n) is 5.71. The van der Waals surface area contributed by atoms with Gasteiger partial charge in [-0.05, 0) is 19.4 Å². The van der Waals surface area contributed by atoms with Crippen LogP contribution in [0, 0.1) is 17.8 Å². The molecule has 0 aliphatic carbocycles. The number of hydrogen-bond donors (Lipinski definition) is 1. The second-order valence-electron chi connectivity index (χ2n) is 8.53. The van der Waals surface area contributed by atoms with E-state index in [0.29, 0.717) is 17.7 Å². The summed E-state index contributed by atoms with van der Waals surface area (Å²) in [7, 11) is 1.67. The molecule has 0 radical (unpaired) electrons. The third kappa shape index (κ3) is 5.88. The van der Waals surface area contributed by atoms with Gasteiger partial charge in [-0.1, -0.05) is 25.7 Å². The Kier molecular flexibility index (Phi) is 8.55. The predicted octanol–water partition coefficient (Wildman–Crippen LogP) is 2.02. The lowest BCUT2D eigenvalue weighted by Gasteiger charge is -2.37. The number of nitrogens with zero attached hydrogens (tertiary/aromatic N) is 5. The summed E-state index contributed by atoms with van der Waals surface area (Å²) in [6, 6.07) is 1.29. The van der Waals surface area contributed by atoms with Crippen molar-refractivity contribution in [3.05, 3.63) is 47.7 Å². The van der Waals surface area contributed by atoms with Crippen molar-refractivity contribution in [3.63, 3.8) is 0 Å². The Balaban J connectivity index is 1.93. The van der Waals surface area contributed by atoms with Crippen LogP contribution in [-0.2, 0) is 0 Å². The summed E-state index contributed by atoms with van der Waals surface area (Å²) in [5, 5.41) is 9.78. The summed E-state index contributed by atoms with van der Waals surface area (Å²) >= 11 is 0. The standard InChI is InChI=1S/C25H31N5O4/c1-5-6-7-8-19-11-20-23(28-12-19)34-22(17(2)14-30(24(20)32)18(3)16-31)15-29(4)25(33)21-13-26-9-10-27-21/h9-13,17-18,22,31H,5-6,14-16H2,1-4H3/t17-,18+,22-/m0/s1. The van der Waals surface area contributed by atoms with E-state index in [9.17, 15) is 14.7 Å². The smallest absolute Gasteiger partial charge is 0.273 e. The molecule has 1 aliphatic rings. The van der Waals surface area contributed by atoms with Gasteiger partial charge >= 0.3 is 0 Å². The summed E-state index contributed by atoms with van der Waals surface area (Å²) < 4.78 is 6.22. The number of carbonyl (C=O) groups excluding carboxylic acids is 2. The first-order valence-electron chi connectivity index (χ1n) is 11.4. The zero-order valence-electron chi connectivity index (χ0n) is 20.1. The summed E-state index contributed by atoms with van der Waals surface area (Å²) in [4.78, 5) is 41.8. The molecule has 0 saturated heterocycles. The summed E-state index contributed by atoms with van der Waals surface area (Å²) in [5.74, 6) is 5.61. The molecule has 9 nitrogen and oxygen atoms in total. The number of rotatable bonds is 6. The number of unbranched alkanes of at least 4 members (excludes halogenated alkanes) is 1. The fourth-order valence-corrected chi connectivity index (χ4v) is 3.64. The average Bonchev–Trinajstić information content (AvgIpc) is 2.86. The molecule has 1 N–H and O–H groups in total. The molecule has 0 saturated carbocycles. The first kappa shape index (κ1) is 25.1. The Morgan fingerprint density at radius 2 is 2.15 bits per heavy atom. The molecule has 180 valence electrons. The van der Waals surface area contributed by atoms with E-state index >= 15 is 0 Å². The number of fused-ring (bicyclic) bond motifs is 1. The van der Waals surface area contributed by atoms with Gasteiger partial charge in [-0.2, -0.15) is 0 Å². The second-order valence-corrected chi connectivity index (χ2v) is 8.53. The van der Waals surface area contributed by atoms with Crippen LogP contribution in [0.15, 0.2) is 30.9 Å². The minimum atomic E-state index is -0.449. The maximum absolute atomic E-state index is 13.4. The van der Waals surface area contributed by atoms with Gasteiger partial charge in [0.25, 0.3) is 11.8 Å². The molecule has 9 heteroatoms. The highest BCUT2D eigenvalue weighted by Gasteiger charge is 2.34. The van der Waals surface area contributed by atoms with Crippen molar-refractivity contribution in [2.75, 3.05) is 26.7 Å². The van der Waals surface area contributed by atoms with Crippen molar-refractivity contribution in [3.8, 4) is 17.7 Å². The molecule has 3 heterocycles. The molecule has 1 aliphatic heterocycles. The molecule has 0 spiro atoms. The molecule has 0 fully saturated rings. The van der Waals surface area contributed by atoms with E-state index in [2.05, 4.69) is 26.8 Å². The Morgan fingerprint density at radius 1 is 1.35 bits per heavy atom. The molecule has 2 aromatic heterocycles. The topological polar surface area (TPSA) is 109 Å². The lowest BCUT2D eigenvalue weighted by Crippen LogP contribution is -2.50. The van der Waals surface area contributed by atoms with Gasteiger partial charge < -0.3 is 19.6 Å². The molecule has 2 aromatic rings. The number of ether oxygens (including phenoxy) is 1. The molecule has 2 amide bonds. The van der Waals surface area contributed by atoms with Gasteiger partial charge in [-0.15, -0.1) is 0 Å². The quantitative estimate of drug-likeness (QED) is 0.650. The molecular weight excluding hydrogens is 434 g/mol. The van der Waals surface area contributed by atoms with Gasteiger partial charge in [0, 0.05) is 50.1 Å². The number of pyridine rings is 1. The van der Waals surface area contributed by atoms with Crippen LogP contribution >= 0.6 is 0 Å². The zero-order chi connectivity index (χ0) is 24.7. The van der Waals surface area contributed by atoms with E-state index in [1.54, 1.807) is 31.1 Å². The number of amides is 2. The predicted molar refractivity (Wildman–Crippen MR) is 126 cm³/mol. The van der Waals surface area contributed by atoms with E-state index in [1.807, 2.05) is 13.8 Å². The molecule has 0 aromatic carbocycles. The molecule has 3 rings (SSSR count). The normalized spacial score (nSPS) is 18.5. The minimum absolute atomic E-state index is 0.144. The molecule has 34 heavy (non-hydrogen) atoms. The van der Waals surface area contributed by atoms with E-state index in [-0.39, 0.29) is 42.5 Å². The monoisotopic (exact) mass is 465 g/mol. The number of carbonyl (C=O) groups is 2. The van der Waals surface area contributed by atoms with Crippen molar-refractivity contribution in [1.29, 1.82) is 0 Å². The van der Waals surface area contributed by atoms with Crippen LogP contribution in [0.1, 0.15) is 60.0 Å². The second kappa shape index (κ2) is 11.6. The largest absolute Gasteiger partial charge is 0.472 e. The van der Waals surface area contributed by atoms with Gasteiger partial charge in [-0.3, -0.25) is 14.6 Å². The number of aliphatic hydroxyl groups excluding tert-OH is 1. The van der Waals surface area contributed by atoms with E-state index in [0.717, 1.165) is 12.8 Å². The van der Waals surface area contributed by atoms with Crippen LogP contribution in [0.5, 0.6) is 5.88 Å². The lowest BCUT2D eigenvalue weighted by molar-refractivity contribution is 0.0312. The zero-order valence-corrected chi connectivity index (χ0v) is 20.1. The number of hydrogen-bond acceptors (Lipinski definition) is 7. The Hall–Kier alpha value is -3.51. The number of aliphatic hydroxyl groups is 1. The van der Waals surface area contributed by atoms with Crippen molar-refractivity contribution < 1.29 is 19.4 Å². The van der Waals surface area contributed by atoms with Crippen LogP contribution in [0.3, 0.4) is 0 Å². The first-order valence-corrected chi connectivity index (χ1v) is 11.4. The summed E-state index contributed by atoms with van der Waals surface area (Å²) in [6.45, 7) is 6.23. The van der Waals surface area contributed by atoms with Crippen LogP contribution in [0.4, 0.5) is 0 Å². The lowest BCUT2D eigenvalue weighted by atomic mass is 9.99. The highest BCUT2D eigenvalue weighted by atomic mass is 16.5. The number of likely N-dealkylation sites (N-methyl/N-ethyl adjacent to an activating group) is 1. The third-order valence-corrected chi connectivity index (χ3v) is 5.71. The Labute approximate surface area is 200 Å². The van der Waals surface area contributed by atoms with E-state index in [4.69, 9.17) is 4.74 Å². The number of aromatic nitrogens is 3. The first-order chi connectivity index (χ1) is 16.3. The van der Waals surface area contributed by atoms with Crippen LogP contribution in [0.2, 0.25) is 0 Å². The molecule has 3 atom stereocenters. The molecular formula is C25H31N5O4. The van der Waals surface area contributed by atoms with Crippen molar-refractivity contribution in [2.24, 2.45) is 5.92 Å². The van der Waals surface area contributed by atoms with Crippen LogP contribution < -0.4 is 4.74 Å². The fourth-order valence-electron chi connectivity index (χ4n) is 3.64. The van der Waals surface area contributed by atoms with Crippen LogP contribution in [-0.4, -0.2) is 80.6 Å². The molecule has 0 unspecified atom stereocenters. The summed E-state index contributed by atoms with van der Waals surface area (Å²) in [6.07, 6.45) is 7.23. The molecule has 0 bridgehead atoms. The summed E-state index contributed by atoms with van der Waals surface area (Å²) in [5.41, 5.74) is 1.16. The highest BCUT2D eigenvalue weighted by molar-refractivity contribution is 5.97.